The van der Waals surface area contributed by atoms with E-state index in [1.807, 2.05) is 6.07 Å². The first-order chi connectivity index (χ1) is 8.29. The van der Waals surface area contributed by atoms with Gasteiger partial charge in [0, 0.05) is 45.1 Å². The van der Waals surface area contributed by atoms with Crippen LogP contribution in [0.15, 0.2) is 18.5 Å². The molecule has 0 unspecified atom stereocenters. The Morgan fingerprint density at radius 1 is 1.47 bits per heavy atom. The fourth-order valence-corrected chi connectivity index (χ4v) is 1.93. The van der Waals surface area contributed by atoms with Crippen LogP contribution in [-0.4, -0.2) is 49.1 Å². The van der Waals surface area contributed by atoms with Gasteiger partial charge in [-0.05, 0) is 11.6 Å². The van der Waals surface area contributed by atoms with Crippen LogP contribution < -0.4 is 5.32 Å². The van der Waals surface area contributed by atoms with Crippen molar-refractivity contribution in [2.45, 2.75) is 6.54 Å². The molecule has 0 saturated carbocycles. The molecule has 0 aliphatic carbocycles. The molecule has 0 aromatic carbocycles. The Kier molecular flexibility index (Phi) is 4.06. The smallest absolute Gasteiger partial charge is 0.339 e. The monoisotopic (exact) mass is 235 g/mol. The summed E-state index contributed by atoms with van der Waals surface area (Å²) >= 11 is 0. The molecule has 0 bridgehead atoms. The topological polar surface area (TPSA) is 54.5 Å². The number of carbonyl (C=O) groups excluding carboxylic acids is 1. The third kappa shape index (κ3) is 3.25. The van der Waals surface area contributed by atoms with Crippen molar-refractivity contribution in [3.63, 3.8) is 0 Å². The highest BCUT2D eigenvalue weighted by molar-refractivity contribution is 5.89. The van der Waals surface area contributed by atoms with Crippen molar-refractivity contribution in [1.82, 2.24) is 15.2 Å². The van der Waals surface area contributed by atoms with Crippen LogP contribution in [0.2, 0.25) is 0 Å². The zero-order valence-corrected chi connectivity index (χ0v) is 9.98. The molecule has 1 aromatic rings. The minimum atomic E-state index is -0.334. The Bertz CT molecular complexity index is 389. The summed E-state index contributed by atoms with van der Waals surface area (Å²) in [6.07, 6.45) is 3.33. The third-order valence-corrected chi connectivity index (χ3v) is 2.83. The SMILES string of the molecule is COC(=O)c1cncc(CN2CCNCC2)c1. The summed E-state index contributed by atoms with van der Waals surface area (Å²) in [5, 5.41) is 3.31. The molecule has 1 N–H and O–H groups in total. The zero-order valence-electron chi connectivity index (χ0n) is 9.98. The van der Waals surface area contributed by atoms with Gasteiger partial charge in [-0.1, -0.05) is 0 Å². The van der Waals surface area contributed by atoms with E-state index in [2.05, 4.69) is 19.9 Å². The predicted octanol–water partition coefficient (Wildman–Crippen LogP) is 0.273. The van der Waals surface area contributed by atoms with Crippen LogP contribution in [0, 0.1) is 0 Å². The number of pyridine rings is 1. The molecule has 0 amide bonds. The number of methoxy groups -OCH3 is 1. The number of carbonyl (C=O) groups is 1. The van der Waals surface area contributed by atoms with Gasteiger partial charge in [0.05, 0.1) is 12.7 Å². The van der Waals surface area contributed by atoms with Gasteiger partial charge in [-0.15, -0.1) is 0 Å². The number of hydrogen-bond donors (Lipinski definition) is 1. The largest absolute Gasteiger partial charge is 0.465 e. The van der Waals surface area contributed by atoms with Crippen LogP contribution in [-0.2, 0) is 11.3 Å². The first-order valence-corrected chi connectivity index (χ1v) is 5.75. The highest BCUT2D eigenvalue weighted by Gasteiger charge is 2.12. The molecule has 1 fully saturated rings. The lowest BCUT2D eigenvalue weighted by Gasteiger charge is -2.27. The number of nitrogens with zero attached hydrogens (tertiary/aromatic N) is 2. The normalized spacial score (nSPS) is 16.8. The van der Waals surface area contributed by atoms with Crippen molar-refractivity contribution >= 4 is 5.97 Å². The lowest BCUT2D eigenvalue weighted by molar-refractivity contribution is 0.0600. The standard InChI is InChI=1S/C12H17N3O2/c1-17-12(16)11-6-10(7-14-8-11)9-15-4-2-13-3-5-15/h6-8,13H,2-5,9H2,1H3. The van der Waals surface area contributed by atoms with Gasteiger partial charge in [-0.25, -0.2) is 4.79 Å². The van der Waals surface area contributed by atoms with Gasteiger partial charge in [0.15, 0.2) is 0 Å². The van der Waals surface area contributed by atoms with Gasteiger partial charge < -0.3 is 10.1 Å². The molecule has 2 rings (SSSR count). The van der Waals surface area contributed by atoms with Crippen LogP contribution >= 0.6 is 0 Å². The maximum atomic E-state index is 11.4. The highest BCUT2D eigenvalue weighted by Crippen LogP contribution is 2.08. The molecule has 0 atom stereocenters. The van der Waals surface area contributed by atoms with E-state index < -0.39 is 0 Å². The van der Waals surface area contributed by atoms with Gasteiger partial charge in [0.1, 0.15) is 0 Å². The number of piperazine rings is 1. The molecule has 92 valence electrons. The first-order valence-electron chi connectivity index (χ1n) is 5.75. The number of nitrogens with one attached hydrogen (secondary N) is 1. The molecular formula is C12H17N3O2. The Morgan fingerprint density at radius 3 is 2.94 bits per heavy atom. The summed E-state index contributed by atoms with van der Waals surface area (Å²) < 4.78 is 4.68. The molecular weight excluding hydrogens is 218 g/mol. The van der Waals surface area contributed by atoms with Crippen LogP contribution in [0.1, 0.15) is 15.9 Å². The van der Waals surface area contributed by atoms with Crippen LogP contribution in [0.4, 0.5) is 0 Å². The summed E-state index contributed by atoms with van der Waals surface area (Å²) in [7, 11) is 1.38. The van der Waals surface area contributed by atoms with Crippen LogP contribution in [0.5, 0.6) is 0 Å². The minimum Gasteiger partial charge on any atom is -0.465 e. The van der Waals surface area contributed by atoms with Gasteiger partial charge >= 0.3 is 5.97 Å². The van der Waals surface area contributed by atoms with Crippen molar-refractivity contribution in [3.8, 4) is 0 Å². The third-order valence-electron chi connectivity index (χ3n) is 2.83. The Labute approximate surface area is 101 Å². The molecule has 5 heteroatoms. The molecule has 1 aliphatic rings. The second kappa shape index (κ2) is 5.75. The fraction of sp³-hybridized carbons (Fsp3) is 0.500. The van der Waals surface area contributed by atoms with E-state index >= 15 is 0 Å². The predicted molar refractivity (Wildman–Crippen MR) is 63.7 cm³/mol. The van der Waals surface area contributed by atoms with Crippen molar-refractivity contribution in [2.75, 3.05) is 33.3 Å². The Balaban J connectivity index is 2.02. The molecule has 1 saturated heterocycles. The average Bonchev–Trinajstić information content (AvgIpc) is 2.39. The van der Waals surface area contributed by atoms with Gasteiger partial charge in [-0.3, -0.25) is 9.88 Å². The Hall–Kier alpha value is -1.46. The van der Waals surface area contributed by atoms with E-state index in [0.29, 0.717) is 5.56 Å². The van der Waals surface area contributed by atoms with Crippen molar-refractivity contribution < 1.29 is 9.53 Å². The van der Waals surface area contributed by atoms with E-state index in [9.17, 15) is 4.79 Å². The van der Waals surface area contributed by atoms with Crippen molar-refractivity contribution in [1.29, 1.82) is 0 Å². The second-order valence-corrected chi connectivity index (χ2v) is 4.10. The molecule has 5 nitrogen and oxygen atoms in total. The maximum absolute atomic E-state index is 11.4. The van der Waals surface area contributed by atoms with Crippen molar-refractivity contribution in [3.05, 3.63) is 29.6 Å². The van der Waals surface area contributed by atoms with E-state index in [1.165, 1.54) is 13.3 Å². The Morgan fingerprint density at radius 2 is 2.24 bits per heavy atom. The molecule has 1 aromatic heterocycles. The lowest BCUT2D eigenvalue weighted by atomic mass is 10.2. The summed E-state index contributed by atoms with van der Waals surface area (Å²) in [5.74, 6) is -0.334. The number of rotatable bonds is 3. The van der Waals surface area contributed by atoms with E-state index in [-0.39, 0.29) is 5.97 Å². The summed E-state index contributed by atoms with van der Waals surface area (Å²) in [6, 6.07) is 1.85. The summed E-state index contributed by atoms with van der Waals surface area (Å²) in [4.78, 5) is 17.8. The average molecular weight is 235 g/mol. The first kappa shape index (κ1) is 12.0. The fourth-order valence-electron chi connectivity index (χ4n) is 1.93. The number of esters is 1. The lowest BCUT2D eigenvalue weighted by Crippen LogP contribution is -2.42. The van der Waals surface area contributed by atoms with Gasteiger partial charge in [0.2, 0.25) is 0 Å². The maximum Gasteiger partial charge on any atom is 0.339 e. The highest BCUT2D eigenvalue weighted by atomic mass is 16.5. The van der Waals surface area contributed by atoms with Crippen molar-refractivity contribution in [2.24, 2.45) is 0 Å². The number of aromatic nitrogens is 1. The second-order valence-electron chi connectivity index (χ2n) is 4.10. The molecule has 0 radical (unpaired) electrons. The van der Waals surface area contributed by atoms with E-state index in [4.69, 9.17) is 0 Å². The summed E-state index contributed by atoms with van der Waals surface area (Å²) in [6.45, 7) is 4.93. The van der Waals surface area contributed by atoms with E-state index in [1.54, 1.807) is 6.20 Å². The molecule has 17 heavy (non-hydrogen) atoms. The van der Waals surface area contributed by atoms with Gasteiger partial charge in [-0.2, -0.15) is 0 Å². The minimum absolute atomic E-state index is 0.334. The van der Waals surface area contributed by atoms with E-state index in [0.717, 1.165) is 38.3 Å². The molecule has 2 heterocycles. The number of ether oxygens (including phenoxy) is 1. The zero-order chi connectivity index (χ0) is 12.1. The van der Waals surface area contributed by atoms with Crippen LogP contribution in [0.3, 0.4) is 0 Å². The molecule has 1 aliphatic heterocycles. The number of hydrogen-bond acceptors (Lipinski definition) is 5. The molecule has 0 spiro atoms. The van der Waals surface area contributed by atoms with Crippen LogP contribution in [0.25, 0.3) is 0 Å². The quantitative estimate of drug-likeness (QED) is 0.762. The summed E-state index contributed by atoms with van der Waals surface area (Å²) in [5.41, 5.74) is 1.56. The van der Waals surface area contributed by atoms with Gasteiger partial charge in [0.25, 0.3) is 0 Å².